The highest BCUT2D eigenvalue weighted by atomic mass is 35.5. The number of hydrogen-bond donors (Lipinski definition) is 0. The molecule has 0 aromatic heterocycles. The van der Waals surface area contributed by atoms with Crippen LogP contribution >= 0.6 is 11.6 Å². The quantitative estimate of drug-likeness (QED) is 0.695. The van der Waals surface area contributed by atoms with E-state index < -0.39 is 0 Å². The number of rotatable bonds is 3. The fourth-order valence-electron chi connectivity index (χ4n) is 1.22. The van der Waals surface area contributed by atoms with Gasteiger partial charge in [0.25, 0.3) is 0 Å². The molecule has 0 saturated heterocycles. The van der Waals surface area contributed by atoms with E-state index in [0.717, 1.165) is 18.5 Å². The van der Waals surface area contributed by atoms with Gasteiger partial charge < -0.3 is 0 Å². The lowest BCUT2D eigenvalue weighted by Gasteiger charge is -2.18. The van der Waals surface area contributed by atoms with Crippen LogP contribution in [0, 0.1) is 0 Å². The van der Waals surface area contributed by atoms with Gasteiger partial charge in [0.1, 0.15) is 5.17 Å². The SMILES string of the molecule is C=C1C=CC(Cl)=NN1/C=C(/C)CCC. The van der Waals surface area contributed by atoms with E-state index in [-0.39, 0.29) is 0 Å². The summed E-state index contributed by atoms with van der Waals surface area (Å²) in [4.78, 5) is 0. The van der Waals surface area contributed by atoms with Crippen LogP contribution in [-0.4, -0.2) is 10.2 Å². The van der Waals surface area contributed by atoms with Crippen LogP contribution < -0.4 is 0 Å². The Morgan fingerprint density at radius 2 is 2.36 bits per heavy atom. The van der Waals surface area contributed by atoms with E-state index in [9.17, 15) is 0 Å². The second-order valence-corrected chi connectivity index (χ2v) is 3.70. The van der Waals surface area contributed by atoms with E-state index >= 15 is 0 Å². The third-order valence-electron chi connectivity index (χ3n) is 1.90. The van der Waals surface area contributed by atoms with Gasteiger partial charge in [0, 0.05) is 6.20 Å². The van der Waals surface area contributed by atoms with Crippen molar-refractivity contribution in [3.05, 3.63) is 36.2 Å². The molecule has 0 radical (unpaired) electrons. The molecular weight excluding hydrogens is 196 g/mol. The van der Waals surface area contributed by atoms with E-state index in [2.05, 4.69) is 25.5 Å². The molecule has 76 valence electrons. The maximum Gasteiger partial charge on any atom is 0.150 e. The van der Waals surface area contributed by atoms with Gasteiger partial charge in [0.05, 0.1) is 5.70 Å². The molecule has 2 nitrogen and oxygen atoms in total. The molecule has 0 N–H and O–H groups in total. The Bertz CT molecular complexity index is 313. The Labute approximate surface area is 90.2 Å². The van der Waals surface area contributed by atoms with Crippen molar-refractivity contribution in [1.29, 1.82) is 0 Å². The molecule has 1 rings (SSSR count). The normalized spacial score (nSPS) is 17.4. The van der Waals surface area contributed by atoms with E-state index in [0.29, 0.717) is 5.17 Å². The van der Waals surface area contributed by atoms with Gasteiger partial charge in [-0.15, -0.1) is 0 Å². The number of hydrazone groups is 1. The topological polar surface area (TPSA) is 15.6 Å². The van der Waals surface area contributed by atoms with Crippen LogP contribution in [-0.2, 0) is 0 Å². The molecule has 1 aliphatic rings. The van der Waals surface area contributed by atoms with Crippen molar-refractivity contribution in [3.8, 4) is 0 Å². The molecule has 0 saturated carbocycles. The molecular formula is C11H15ClN2. The first-order chi connectivity index (χ1) is 6.63. The predicted octanol–water partition coefficient (Wildman–Crippen LogP) is 3.63. The lowest BCUT2D eigenvalue weighted by Crippen LogP contribution is -2.12. The molecule has 3 heteroatoms. The molecule has 0 atom stereocenters. The molecule has 0 bridgehead atoms. The van der Waals surface area contributed by atoms with Crippen molar-refractivity contribution >= 4 is 16.8 Å². The van der Waals surface area contributed by atoms with Gasteiger partial charge in [-0.3, -0.25) is 0 Å². The van der Waals surface area contributed by atoms with Crippen LogP contribution in [0.4, 0.5) is 0 Å². The Kier molecular flexibility index (Phi) is 3.96. The minimum Gasteiger partial charge on any atom is -0.240 e. The first-order valence-electron chi connectivity index (χ1n) is 4.71. The maximum atomic E-state index is 5.79. The first kappa shape index (κ1) is 11.1. The lowest BCUT2D eigenvalue weighted by molar-refractivity contribution is 0.507. The minimum atomic E-state index is 0.484. The molecule has 0 unspecified atom stereocenters. The fraction of sp³-hybridized carbons (Fsp3) is 0.364. The second-order valence-electron chi connectivity index (χ2n) is 3.32. The molecule has 0 spiro atoms. The summed E-state index contributed by atoms with van der Waals surface area (Å²) in [5.74, 6) is 0. The van der Waals surface area contributed by atoms with Gasteiger partial charge in [-0.25, -0.2) is 5.01 Å². The zero-order chi connectivity index (χ0) is 10.6. The van der Waals surface area contributed by atoms with E-state index in [4.69, 9.17) is 11.6 Å². The van der Waals surface area contributed by atoms with E-state index in [1.165, 1.54) is 5.57 Å². The van der Waals surface area contributed by atoms with Crippen molar-refractivity contribution in [2.75, 3.05) is 0 Å². The molecule has 0 amide bonds. The number of halogens is 1. The average molecular weight is 211 g/mol. The summed E-state index contributed by atoms with van der Waals surface area (Å²) < 4.78 is 0. The average Bonchev–Trinajstić information content (AvgIpc) is 2.12. The summed E-state index contributed by atoms with van der Waals surface area (Å²) in [5, 5.41) is 6.34. The highest BCUT2D eigenvalue weighted by Crippen LogP contribution is 2.15. The number of allylic oxidation sites excluding steroid dienone is 3. The number of hydrogen-bond acceptors (Lipinski definition) is 2. The van der Waals surface area contributed by atoms with Crippen LogP contribution in [0.2, 0.25) is 0 Å². The second kappa shape index (κ2) is 5.01. The summed E-state index contributed by atoms with van der Waals surface area (Å²) in [6, 6.07) is 0. The summed E-state index contributed by atoms with van der Waals surface area (Å²) in [7, 11) is 0. The van der Waals surface area contributed by atoms with Crippen LogP contribution in [0.1, 0.15) is 26.7 Å². The standard InChI is InChI=1S/C11H15ClN2/c1-4-5-9(2)8-14-10(3)6-7-11(12)13-14/h6-8H,3-5H2,1-2H3/b9-8-. The Hall–Kier alpha value is -1.02. The Morgan fingerprint density at radius 3 is 3.00 bits per heavy atom. The summed E-state index contributed by atoms with van der Waals surface area (Å²) >= 11 is 5.79. The van der Waals surface area contributed by atoms with E-state index in [1.54, 1.807) is 11.1 Å². The van der Waals surface area contributed by atoms with Crippen LogP contribution in [0.15, 0.2) is 41.3 Å². The van der Waals surface area contributed by atoms with Crippen molar-refractivity contribution in [2.45, 2.75) is 26.7 Å². The third-order valence-corrected chi connectivity index (χ3v) is 2.10. The molecule has 0 fully saturated rings. The maximum absolute atomic E-state index is 5.79. The zero-order valence-electron chi connectivity index (χ0n) is 8.63. The lowest BCUT2D eigenvalue weighted by atomic mass is 10.2. The zero-order valence-corrected chi connectivity index (χ0v) is 9.38. The van der Waals surface area contributed by atoms with Crippen molar-refractivity contribution < 1.29 is 0 Å². The monoisotopic (exact) mass is 210 g/mol. The first-order valence-corrected chi connectivity index (χ1v) is 5.09. The van der Waals surface area contributed by atoms with Crippen LogP contribution in [0.5, 0.6) is 0 Å². The molecule has 0 aliphatic carbocycles. The fourth-order valence-corrected chi connectivity index (χ4v) is 1.37. The van der Waals surface area contributed by atoms with Gasteiger partial charge in [0.15, 0.2) is 0 Å². The molecule has 0 aromatic carbocycles. The highest BCUT2D eigenvalue weighted by molar-refractivity contribution is 6.68. The Morgan fingerprint density at radius 1 is 1.64 bits per heavy atom. The van der Waals surface area contributed by atoms with Crippen molar-refractivity contribution in [1.82, 2.24) is 5.01 Å². The summed E-state index contributed by atoms with van der Waals surface area (Å²) in [6.07, 6.45) is 7.77. The third kappa shape index (κ3) is 3.04. The van der Waals surface area contributed by atoms with Gasteiger partial charge in [-0.2, -0.15) is 5.10 Å². The molecule has 1 aliphatic heterocycles. The summed E-state index contributed by atoms with van der Waals surface area (Å²) in [5.41, 5.74) is 2.11. The van der Waals surface area contributed by atoms with Gasteiger partial charge in [-0.05, 0) is 25.5 Å². The summed E-state index contributed by atoms with van der Waals surface area (Å²) in [6.45, 7) is 8.11. The molecule has 1 heterocycles. The van der Waals surface area contributed by atoms with Crippen LogP contribution in [0.3, 0.4) is 0 Å². The highest BCUT2D eigenvalue weighted by Gasteiger charge is 2.06. The Balaban J connectivity index is 2.73. The van der Waals surface area contributed by atoms with Gasteiger partial charge in [-0.1, -0.05) is 37.1 Å². The number of nitrogens with zero attached hydrogens (tertiary/aromatic N) is 2. The van der Waals surface area contributed by atoms with Crippen molar-refractivity contribution in [3.63, 3.8) is 0 Å². The minimum absolute atomic E-state index is 0.484. The van der Waals surface area contributed by atoms with E-state index in [1.807, 2.05) is 12.3 Å². The van der Waals surface area contributed by atoms with Crippen molar-refractivity contribution in [2.24, 2.45) is 5.10 Å². The van der Waals surface area contributed by atoms with Gasteiger partial charge >= 0.3 is 0 Å². The predicted molar refractivity (Wildman–Crippen MR) is 62.1 cm³/mol. The molecule has 14 heavy (non-hydrogen) atoms. The van der Waals surface area contributed by atoms with Crippen LogP contribution in [0.25, 0.3) is 0 Å². The largest absolute Gasteiger partial charge is 0.240 e. The smallest absolute Gasteiger partial charge is 0.150 e. The molecule has 0 aromatic rings. The van der Waals surface area contributed by atoms with Gasteiger partial charge in [0.2, 0.25) is 0 Å².